The Kier molecular flexibility index (Phi) is 5.05. The van der Waals surface area contributed by atoms with Gasteiger partial charge in [0, 0.05) is 24.5 Å². The standard InChI is InChI=1S/C16H18F2N4O2/c17-16(18)24-13-5-1-3-11(9-13)20-15(23)14-6-8-22(21-14)12-4-2-7-19-10-12/h1,3,5-6,8-9,12,16,19H,2,4,7,10H2,(H,20,23). The molecule has 8 heteroatoms. The first-order valence-electron chi connectivity index (χ1n) is 7.74. The van der Waals surface area contributed by atoms with E-state index in [1.165, 1.54) is 18.2 Å². The van der Waals surface area contributed by atoms with Crippen molar-refractivity contribution < 1.29 is 18.3 Å². The number of nitrogens with zero attached hydrogens (tertiary/aromatic N) is 2. The second kappa shape index (κ2) is 7.39. The summed E-state index contributed by atoms with van der Waals surface area (Å²) in [5.41, 5.74) is 0.646. The fraction of sp³-hybridized carbons (Fsp3) is 0.375. The molecule has 1 unspecified atom stereocenters. The Morgan fingerprint density at radius 2 is 2.29 bits per heavy atom. The molecule has 1 aliphatic heterocycles. The van der Waals surface area contributed by atoms with Crippen LogP contribution in [0.4, 0.5) is 14.5 Å². The van der Waals surface area contributed by atoms with Gasteiger partial charge in [-0.15, -0.1) is 0 Å². The molecule has 1 fully saturated rings. The lowest BCUT2D eigenvalue weighted by molar-refractivity contribution is -0.0497. The predicted octanol–water partition coefficient (Wildman–Crippen LogP) is 2.66. The van der Waals surface area contributed by atoms with E-state index in [9.17, 15) is 13.6 Å². The van der Waals surface area contributed by atoms with E-state index in [2.05, 4.69) is 20.5 Å². The first-order chi connectivity index (χ1) is 11.6. The minimum Gasteiger partial charge on any atom is -0.435 e. The Bertz CT molecular complexity index is 699. The van der Waals surface area contributed by atoms with E-state index < -0.39 is 12.5 Å². The van der Waals surface area contributed by atoms with E-state index in [0.29, 0.717) is 5.69 Å². The Morgan fingerprint density at radius 1 is 1.42 bits per heavy atom. The van der Waals surface area contributed by atoms with Crippen molar-refractivity contribution in [3.8, 4) is 5.75 Å². The molecular formula is C16H18F2N4O2. The molecule has 1 amide bonds. The molecule has 1 saturated heterocycles. The van der Waals surface area contributed by atoms with Gasteiger partial charge in [-0.05, 0) is 37.6 Å². The third-order valence-electron chi connectivity index (χ3n) is 3.80. The van der Waals surface area contributed by atoms with Crippen LogP contribution in [0.3, 0.4) is 0 Å². The number of rotatable bonds is 5. The summed E-state index contributed by atoms with van der Waals surface area (Å²) >= 11 is 0. The van der Waals surface area contributed by atoms with Crippen LogP contribution in [0.15, 0.2) is 36.5 Å². The van der Waals surface area contributed by atoms with Gasteiger partial charge in [0.15, 0.2) is 5.69 Å². The van der Waals surface area contributed by atoms with Crippen LogP contribution in [0.2, 0.25) is 0 Å². The summed E-state index contributed by atoms with van der Waals surface area (Å²) in [6.07, 6.45) is 3.87. The summed E-state index contributed by atoms with van der Waals surface area (Å²) in [6.45, 7) is -1.08. The predicted molar refractivity (Wildman–Crippen MR) is 84.4 cm³/mol. The van der Waals surface area contributed by atoms with Crippen molar-refractivity contribution in [3.05, 3.63) is 42.2 Å². The second-order valence-corrected chi connectivity index (χ2v) is 5.54. The highest BCUT2D eigenvalue weighted by atomic mass is 19.3. The molecule has 0 spiro atoms. The van der Waals surface area contributed by atoms with Crippen molar-refractivity contribution in [1.29, 1.82) is 0 Å². The third kappa shape index (κ3) is 4.08. The van der Waals surface area contributed by atoms with Crippen LogP contribution in [0.5, 0.6) is 5.75 Å². The number of aromatic nitrogens is 2. The molecule has 2 aromatic rings. The summed E-state index contributed by atoms with van der Waals surface area (Å²) in [4.78, 5) is 12.3. The number of carbonyl (C=O) groups excluding carboxylic acids is 1. The van der Waals surface area contributed by atoms with E-state index in [-0.39, 0.29) is 17.5 Å². The highest BCUT2D eigenvalue weighted by molar-refractivity contribution is 6.02. The number of carbonyl (C=O) groups is 1. The molecule has 1 aromatic carbocycles. The zero-order chi connectivity index (χ0) is 16.9. The number of piperidine rings is 1. The monoisotopic (exact) mass is 336 g/mol. The SMILES string of the molecule is O=C(Nc1cccc(OC(F)F)c1)c1ccn(C2CCCNC2)n1. The molecule has 0 aliphatic carbocycles. The highest BCUT2D eigenvalue weighted by Gasteiger charge is 2.18. The van der Waals surface area contributed by atoms with Crippen molar-refractivity contribution >= 4 is 11.6 Å². The number of halogens is 2. The van der Waals surface area contributed by atoms with Crippen molar-refractivity contribution in [2.45, 2.75) is 25.5 Å². The number of hydrogen-bond acceptors (Lipinski definition) is 4. The number of benzene rings is 1. The summed E-state index contributed by atoms with van der Waals surface area (Å²) < 4.78 is 30.6. The summed E-state index contributed by atoms with van der Waals surface area (Å²) in [6, 6.07) is 7.74. The van der Waals surface area contributed by atoms with E-state index >= 15 is 0 Å². The van der Waals surface area contributed by atoms with Gasteiger partial charge in [-0.1, -0.05) is 6.07 Å². The van der Waals surface area contributed by atoms with E-state index in [1.54, 1.807) is 23.0 Å². The van der Waals surface area contributed by atoms with Crippen molar-refractivity contribution in [1.82, 2.24) is 15.1 Å². The molecule has 6 nitrogen and oxygen atoms in total. The number of nitrogens with one attached hydrogen (secondary N) is 2. The normalized spacial score (nSPS) is 17.7. The molecule has 3 rings (SSSR count). The van der Waals surface area contributed by atoms with Crippen LogP contribution in [-0.4, -0.2) is 35.4 Å². The van der Waals surface area contributed by atoms with Crippen LogP contribution in [0, 0.1) is 0 Å². The van der Waals surface area contributed by atoms with E-state index in [0.717, 1.165) is 25.9 Å². The molecule has 1 atom stereocenters. The van der Waals surface area contributed by atoms with Gasteiger partial charge in [0.05, 0.1) is 6.04 Å². The van der Waals surface area contributed by atoms with Gasteiger partial charge in [-0.25, -0.2) is 0 Å². The quantitative estimate of drug-likeness (QED) is 0.881. The van der Waals surface area contributed by atoms with Gasteiger partial charge >= 0.3 is 6.61 Å². The lowest BCUT2D eigenvalue weighted by Crippen LogP contribution is -2.32. The molecule has 0 bridgehead atoms. The number of ether oxygens (including phenoxy) is 1. The highest BCUT2D eigenvalue weighted by Crippen LogP contribution is 2.20. The van der Waals surface area contributed by atoms with Gasteiger partial charge in [-0.2, -0.15) is 13.9 Å². The van der Waals surface area contributed by atoms with Crippen LogP contribution >= 0.6 is 0 Å². The maximum absolute atomic E-state index is 12.3. The van der Waals surface area contributed by atoms with Crippen LogP contribution in [-0.2, 0) is 0 Å². The lowest BCUT2D eigenvalue weighted by Gasteiger charge is -2.22. The average Bonchev–Trinajstić information content (AvgIpc) is 3.05. The maximum Gasteiger partial charge on any atom is 0.387 e. The Labute approximate surface area is 137 Å². The van der Waals surface area contributed by atoms with Gasteiger partial charge in [0.25, 0.3) is 5.91 Å². The molecule has 0 radical (unpaired) electrons. The van der Waals surface area contributed by atoms with Crippen LogP contribution in [0.1, 0.15) is 29.4 Å². The molecular weight excluding hydrogens is 318 g/mol. The summed E-state index contributed by atoms with van der Waals surface area (Å²) in [5.74, 6) is -0.409. The largest absolute Gasteiger partial charge is 0.435 e. The molecule has 24 heavy (non-hydrogen) atoms. The number of hydrogen-bond donors (Lipinski definition) is 2. The number of amides is 1. The molecule has 1 aromatic heterocycles. The zero-order valence-corrected chi connectivity index (χ0v) is 12.9. The zero-order valence-electron chi connectivity index (χ0n) is 12.9. The molecule has 128 valence electrons. The van der Waals surface area contributed by atoms with Gasteiger partial charge in [-0.3, -0.25) is 9.48 Å². The number of anilines is 1. The molecule has 2 N–H and O–H groups in total. The van der Waals surface area contributed by atoms with E-state index in [4.69, 9.17) is 0 Å². The van der Waals surface area contributed by atoms with Crippen molar-refractivity contribution in [3.63, 3.8) is 0 Å². The Hall–Kier alpha value is -2.48. The van der Waals surface area contributed by atoms with Crippen LogP contribution in [0.25, 0.3) is 0 Å². The van der Waals surface area contributed by atoms with Gasteiger partial charge in [0.2, 0.25) is 0 Å². The molecule has 2 heterocycles. The second-order valence-electron chi connectivity index (χ2n) is 5.54. The van der Waals surface area contributed by atoms with Crippen molar-refractivity contribution in [2.24, 2.45) is 0 Å². The summed E-state index contributed by atoms with van der Waals surface area (Å²) in [7, 11) is 0. The minimum absolute atomic E-state index is 0.0124. The maximum atomic E-state index is 12.3. The minimum atomic E-state index is -2.91. The third-order valence-corrected chi connectivity index (χ3v) is 3.80. The Morgan fingerprint density at radius 3 is 3.04 bits per heavy atom. The van der Waals surface area contributed by atoms with Crippen molar-refractivity contribution in [2.75, 3.05) is 18.4 Å². The lowest BCUT2D eigenvalue weighted by atomic mass is 10.1. The fourth-order valence-corrected chi connectivity index (χ4v) is 2.67. The first kappa shape index (κ1) is 16.4. The topological polar surface area (TPSA) is 68.2 Å². The number of alkyl halides is 2. The molecule has 0 saturated carbocycles. The average molecular weight is 336 g/mol. The van der Waals surface area contributed by atoms with Gasteiger partial charge in [0.1, 0.15) is 5.75 Å². The Balaban J connectivity index is 1.65. The molecule has 1 aliphatic rings. The van der Waals surface area contributed by atoms with Crippen LogP contribution < -0.4 is 15.4 Å². The van der Waals surface area contributed by atoms with Gasteiger partial charge < -0.3 is 15.4 Å². The van der Waals surface area contributed by atoms with E-state index in [1.807, 2.05) is 0 Å². The first-order valence-corrected chi connectivity index (χ1v) is 7.74. The fourth-order valence-electron chi connectivity index (χ4n) is 2.67. The summed E-state index contributed by atoms with van der Waals surface area (Å²) in [5, 5.41) is 10.2. The smallest absolute Gasteiger partial charge is 0.387 e.